The number of carbonyl (C=O) groups excluding carboxylic acids is 1. The van der Waals surface area contributed by atoms with Crippen LogP contribution in [0.3, 0.4) is 0 Å². The van der Waals surface area contributed by atoms with Crippen LogP contribution in [0.25, 0.3) is 4.85 Å². The molecule has 22 heavy (non-hydrogen) atoms. The molecule has 1 aromatic rings. The largest absolute Gasteiger partial charge is 0.488 e. The van der Waals surface area contributed by atoms with Gasteiger partial charge in [-0.25, -0.2) is 11.4 Å². The van der Waals surface area contributed by atoms with Crippen LogP contribution in [0.4, 0.5) is 0 Å². The summed E-state index contributed by atoms with van der Waals surface area (Å²) in [6, 6.07) is 6.66. The van der Waals surface area contributed by atoms with E-state index in [1.165, 1.54) is 0 Å². The van der Waals surface area contributed by atoms with Gasteiger partial charge in [0, 0.05) is 0 Å². The summed E-state index contributed by atoms with van der Waals surface area (Å²) in [7, 11) is 0. The Morgan fingerprint density at radius 2 is 1.64 bits per heavy atom. The third kappa shape index (κ3) is 6.62. The van der Waals surface area contributed by atoms with Crippen molar-refractivity contribution < 1.29 is 14.3 Å². The van der Waals surface area contributed by atoms with Crippen LogP contribution in [0, 0.1) is 6.57 Å². The Bertz CT molecular complexity index is 542. The number of benzene rings is 1. The molecule has 4 nitrogen and oxygen atoms in total. The lowest BCUT2D eigenvalue weighted by molar-refractivity contribution is -0.155. The first kappa shape index (κ1) is 18.0. The molecule has 1 aromatic carbocycles. The van der Waals surface area contributed by atoms with E-state index in [1.54, 1.807) is 20.8 Å². The van der Waals surface area contributed by atoms with Crippen LogP contribution >= 0.6 is 0 Å². The summed E-state index contributed by atoms with van der Waals surface area (Å²) in [5.74, 6) is 0.297. The van der Waals surface area contributed by atoms with Crippen LogP contribution in [-0.4, -0.2) is 23.2 Å². The maximum Gasteiger partial charge on any atom is 0.391 e. The Morgan fingerprint density at radius 3 is 2.05 bits per heavy atom. The zero-order valence-corrected chi connectivity index (χ0v) is 14.3. The molecule has 0 N–H and O–H groups in total. The first-order valence-corrected chi connectivity index (χ1v) is 7.37. The second-order valence-corrected chi connectivity index (χ2v) is 7.24. The summed E-state index contributed by atoms with van der Waals surface area (Å²) < 4.78 is 11.0. The second-order valence-electron chi connectivity index (χ2n) is 7.24. The topological polar surface area (TPSA) is 39.9 Å². The number of hydrogen-bond acceptors (Lipinski definition) is 3. The van der Waals surface area contributed by atoms with Gasteiger partial charge in [-0.1, -0.05) is 12.1 Å². The smallest absolute Gasteiger partial charge is 0.391 e. The molecule has 0 amide bonds. The Morgan fingerprint density at radius 1 is 1.09 bits per heavy atom. The van der Waals surface area contributed by atoms with Crippen LogP contribution in [0.1, 0.15) is 47.1 Å². The molecular formula is C18H25NO3. The molecule has 120 valence electrons. The Hall–Kier alpha value is -2.02. The van der Waals surface area contributed by atoms with E-state index >= 15 is 0 Å². The third-order valence-electron chi connectivity index (χ3n) is 2.61. The average molecular weight is 303 g/mol. The summed E-state index contributed by atoms with van der Waals surface area (Å²) >= 11 is 0. The average Bonchev–Trinajstić information content (AvgIpc) is 2.33. The lowest BCUT2D eigenvalue weighted by Gasteiger charge is -2.21. The summed E-state index contributed by atoms with van der Waals surface area (Å²) in [6.07, 6.45) is 0.341. The summed E-state index contributed by atoms with van der Waals surface area (Å²) in [6.45, 7) is 18.5. The molecule has 0 bridgehead atoms. The molecular weight excluding hydrogens is 278 g/mol. The highest BCUT2D eigenvalue weighted by Gasteiger charge is 2.29. The predicted molar refractivity (Wildman–Crippen MR) is 86.8 cm³/mol. The number of ether oxygens (including phenoxy) is 2. The Balaban J connectivity index is 2.73. The third-order valence-corrected chi connectivity index (χ3v) is 2.61. The number of nitrogens with zero attached hydrogens (tertiary/aromatic N) is 1. The van der Waals surface area contributed by atoms with Crippen LogP contribution in [0.2, 0.25) is 0 Å². The zero-order chi connectivity index (χ0) is 17.0. The van der Waals surface area contributed by atoms with Gasteiger partial charge in [0.25, 0.3) is 0 Å². The van der Waals surface area contributed by atoms with Gasteiger partial charge in [-0.3, -0.25) is 0 Å². The number of esters is 1. The summed E-state index contributed by atoms with van der Waals surface area (Å²) in [5, 5.41) is 0. The molecule has 0 aliphatic heterocycles. The lowest BCUT2D eigenvalue weighted by Crippen LogP contribution is -2.31. The standard InChI is InChI=1S/C18H25NO3/c1-17(2,3)21-14-10-8-13(9-11-14)12-15(19-7)16(20)22-18(4,5)6/h8-11,15H,12H2,1-6H3. The molecule has 4 heteroatoms. The number of hydrogen-bond donors (Lipinski definition) is 0. The van der Waals surface area contributed by atoms with Gasteiger partial charge < -0.3 is 14.3 Å². The highest BCUT2D eigenvalue weighted by atomic mass is 16.6. The van der Waals surface area contributed by atoms with Gasteiger partial charge in [0.05, 0.1) is 6.42 Å². The second kappa shape index (κ2) is 6.83. The van der Waals surface area contributed by atoms with E-state index in [2.05, 4.69) is 4.85 Å². The molecule has 0 aliphatic carbocycles. The van der Waals surface area contributed by atoms with Crippen molar-refractivity contribution in [1.82, 2.24) is 0 Å². The molecule has 0 aromatic heterocycles. The molecule has 1 rings (SSSR count). The van der Waals surface area contributed by atoms with Gasteiger partial charge in [0.2, 0.25) is 0 Å². The highest BCUT2D eigenvalue weighted by molar-refractivity contribution is 5.78. The monoisotopic (exact) mass is 303 g/mol. The van der Waals surface area contributed by atoms with E-state index in [0.29, 0.717) is 6.42 Å². The fourth-order valence-electron chi connectivity index (χ4n) is 1.82. The van der Waals surface area contributed by atoms with Crippen molar-refractivity contribution in [3.63, 3.8) is 0 Å². The zero-order valence-electron chi connectivity index (χ0n) is 14.3. The minimum Gasteiger partial charge on any atom is -0.488 e. The van der Waals surface area contributed by atoms with Crippen LogP contribution < -0.4 is 4.74 Å². The SMILES string of the molecule is [C-]#[N+]C(Cc1ccc(OC(C)(C)C)cc1)C(=O)OC(C)(C)C. The van der Waals surface area contributed by atoms with E-state index < -0.39 is 17.6 Å². The normalized spacial score (nSPS) is 13.1. The first-order chi connectivity index (χ1) is 10.00. The maximum atomic E-state index is 12.0. The molecule has 0 radical (unpaired) electrons. The fourth-order valence-corrected chi connectivity index (χ4v) is 1.82. The highest BCUT2D eigenvalue weighted by Crippen LogP contribution is 2.20. The van der Waals surface area contributed by atoms with Gasteiger partial charge >= 0.3 is 12.0 Å². The quantitative estimate of drug-likeness (QED) is 0.622. The van der Waals surface area contributed by atoms with E-state index in [1.807, 2.05) is 45.0 Å². The molecule has 0 saturated carbocycles. The molecule has 1 atom stereocenters. The lowest BCUT2D eigenvalue weighted by atomic mass is 10.1. The molecule has 0 aliphatic rings. The molecule has 0 saturated heterocycles. The molecule has 0 spiro atoms. The van der Waals surface area contributed by atoms with Crippen molar-refractivity contribution in [2.24, 2.45) is 0 Å². The summed E-state index contributed by atoms with van der Waals surface area (Å²) in [4.78, 5) is 15.4. The number of rotatable bonds is 4. The van der Waals surface area contributed by atoms with Gasteiger partial charge in [-0.15, -0.1) is 0 Å². The van der Waals surface area contributed by atoms with E-state index in [-0.39, 0.29) is 5.60 Å². The fraction of sp³-hybridized carbons (Fsp3) is 0.556. The van der Waals surface area contributed by atoms with Crippen molar-refractivity contribution in [3.8, 4) is 5.75 Å². The van der Waals surface area contributed by atoms with Gasteiger partial charge in [0.15, 0.2) is 0 Å². The molecule has 1 unspecified atom stereocenters. The van der Waals surface area contributed by atoms with Crippen molar-refractivity contribution >= 4 is 5.97 Å². The number of carbonyl (C=O) groups is 1. The maximum absolute atomic E-state index is 12.0. The van der Waals surface area contributed by atoms with Crippen molar-refractivity contribution in [1.29, 1.82) is 0 Å². The molecule has 0 heterocycles. The van der Waals surface area contributed by atoms with Gasteiger partial charge in [-0.05, 0) is 59.2 Å². The first-order valence-electron chi connectivity index (χ1n) is 7.37. The van der Waals surface area contributed by atoms with Crippen LogP contribution in [-0.2, 0) is 16.0 Å². The van der Waals surface area contributed by atoms with Crippen molar-refractivity contribution in [2.75, 3.05) is 0 Å². The van der Waals surface area contributed by atoms with Crippen LogP contribution in [0.5, 0.6) is 5.75 Å². The molecule has 0 fully saturated rings. The minimum atomic E-state index is -0.811. The van der Waals surface area contributed by atoms with Crippen LogP contribution in [0.15, 0.2) is 24.3 Å². The van der Waals surface area contributed by atoms with Gasteiger partial charge in [-0.2, -0.15) is 0 Å². The predicted octanol–water partition coefficient (Wildman–Crippen LogP) is 4.04. The minimum absolute atomic E-state index is 0.253. The Kier molecular flexibility index (Phi) is 5.59. The van der Waals surface area contributed by atoms with E-state index in [4.69, 9.17) is 16.0 Å². The van der Waals surface area contributed by atoms with Crippen molar-refractivity contribution in [2.45, 2.75) is 65.2 Å². The van der Waals surface area contributed by atoms with Crippen molar-refractivity contribution in [3.05, 3.63) is 41.2 Å². The van der Waals surface area contributed by atoms with Gasteiger partial charge in [0.1, 0.15) is 17.0 Å². The Labute approximate surface area is 133 Å². The van der Waals surface area contributed by atoms with E-state index in [9.17, 15) is 4.79 Å². The summed E-state index contributed by atoms with van der Waals surface area (Å²) in [5.41, 5.74) is 0.0785. The van der Waals surface area contributed by atoms with E-state index in [0.717, 1.165) is 11.3 Å².